The van der Waals surface area contributed by atoms with Crippen LogP contribution in [-0.2, 0) is 0 Å². The maximum absolute atomic E-state index is 6.12. The lowest BCUT2D eigenvalue weighted by atomic mass is 10.1. The minimum atomic E-state index is 0.446. The molecule has 0 aromatic heterocycles. The Morgan fingerprint density at radius 3 is 1.31 bits per heavy atom. The van der Waals surface area contributed by atoms with Gasteiger partial charge in [-0.1, -0.05) is 23.2 Å². The third kappa shape index (κ3) is 1.53. The van der Waals surface area contributed by atoms with Crippen molar-refractivity contribution in [1.82, 2.24) is 9.80 Å². The van der Waals surface area contributed by atoms with E-state index in [1.807, 2.05) is 38.0 Å². The van der Waals surface area contributed by atoms with Crippen molar-refractivity contribution in [1.29, 1.82) is 0 Å². The van der Waals surface area contributed by atoms with E-state index in [-0.39, 0.29) is 0 Å². The van der Waals surface area contributed by atoms with Crippen LogP contribution in [0.4, 0.5) is 0 Å². The summed E-state index contributed by atoms with van der Waals surface area (Å²) in [7, 11) is 7.60. The Morgan fingerprint density at radius 1 is 0.750 bits per heavy atom. The second-order valence-electron chi connectivity index (χ2n) is 3.99. The molecule has 0 saturated carbocycles. The molecule has 16 heavy (non-hydrogen) atoms. The highest BCUT2D eigenvalue weighted by Gasteiger charge is 2.35. The van der Waals surface area contributed by atoms with E-state index >= 15 is 0 Å². The van der Waals surface area contributed by atoms with E-state index < -0.39 is 0 Å². The van der Waals surface area contributed by atoms with Gasteiger partial charge in [-0.2, -0.15) is 0 Å². The molecule has 0 fully saturated rings. The highest BCUT2D eigenvalue weighted by Crippen LogP contribution is 2.38. The van der Waals surface area contributed by atoms with Crippen LogP contribution in [0, 0.1) is 0 Å². The summed E-state index contributed by atoms with van der Waals surface area (Å²) in [6.45, 7) is 0. The van der Waals surface area contributed by atoms with Gasteiger partial charge in [0.05, 0.1) is 11.1 Å². The van der Waals surface area contributed by atoms with Crippen molar-refractivity contribution < 1.29 is 0 Å². The lowest BCUT2D eigenvalue weighted by Gasteiger charge is -2.15. The summed E-state index contributed by atoms with van der Waals surface area (Å²) in [6.07, 6.45) is 0. The lowest BCUT2D eigenvalue weighted by molar-refractivity contribution is 0.622. The normalized spacial score (nSPS) is 18.9. The maximum atomic E-state index is 6.12. The molecule has 4 nitrogen and oxygen atoms in total. The third-order valence-corrected chi connectivity index (χ3v) is 2.91. The summed E-state index contributed by atoms with van der Waals surface area (Å²) in [6, 6.07) is 0. The van der Waals surface area contributed by atoms with Gasteiger partial charge < -0.3 is 9.80 Å². The average molecular weight is 259 g/mol. The van der Waals surface area contributed by atoms with Gasteiger partial charge >= 0.3 is 0 Å². The summed E-state index contributed by atoms with van der Waals surface area (Å²) >= 11 is 12.2. The highest BCUT2D eigenvalue weighted by atomic mass is 35.5. The van der Waals surface area contributed by atoms with Gasteiger partial charge in [0.2, 0.25) is 0 Å². The fourth-order valence-corrected chi connectivity index (χ4v) is 2.19. The molecule has 0 aromatic rings. The van der Waals surface area contributed by atoms with Gasteiger partial charge in [0.1, 0.15) is 22.0 Å². The Labute approximate surface area is 105 Å². The topological polar surface area (TPSA) is 31.2 Å². The molecule has 0 atom stereocenters. The minimum absolute atomic E-state index is 0.446. The molecule has 0 radical (unpaired) electrons. The van der Waals surface area contributed by atoms with Gasteiger partial charge in [0.15, 0.2) is 0 Å². The van der Waals surface area contributed by atoms with Crippen LogP contribution >= 0.6 is 23.2 Å². The van der Waals surface area contributed by atoms with Crippen LogP contribution in [0.3, 0.4) is 0 Å². The van der Waals surface area contributed by atoms with Crippen molar-refractivity contribution in [2.24, 2.45) is 9.98 Å². The van der Waals surface area contributed by atoms with Crippen LogP contribution in [0.2, 0.25) is 0 Å². The molecule has 0 aromatic carbocycles. The van der Waals surface area contributed by atoms with Gasteiger partial charge in [-0.05, 0) is 0 Å². The van der Waals surface area contributed by atoms with Gasteiger partial charge in [0, 0.05) is 28.2 Å². The SMILES string of the molecule is CN(C)C1=NC(Cl)=C2C(N(C)C)=NC(Cl)=C12. The molecule has 86 valence electrons. The third-order valence-electron chi connectivity index (χ3n) is 2.37. The summed E-state index contributed by atoms with van der Waals surface area (Å²) < 4.78 is 0. The number of fused-ring (bicyclic) bond motifs is 1. The van der Waals surface area contributed by atoms with Crippen LogP contribution in [0.5, 0.6) is 0 Å². The summed E-state index contributed by atoms with van der Waals surface area (Å²) in [5.74, 6) is 1.51. The molecule has 2 aliphatic rings. The van der Waals surface area contributed by atoms with Gasteiger partial charge in [-0.3, -0.25) is 0 Å². The van der Waals surface area contributed by atoms with Crippen LogP contribution < -0.4 is 0 Å². The van der Waals surface area contributed by atoms with Crippen LogP contribution in [0.1, 0.15) is 0 Å². The summed E-state index contributed by atoms with van der Waals surface area (Å²) in [5, 5.41) is 0.892. The largest absolute Gasteiger partial charge is 0.362 e. The van der Waals surface area contributed by atoms with Gasteiger partial charge in [-0.15, -0.1) is 0 Å². The fourth-order valence-electron chi connectivity index (χ4n) is 1.67. The summed E-state index contributed by atoms with van der Waals surface area (Å²) in [4.78, 5) is 12.3. The van der Waals surface area contributed by atoms with Gasteiger partial charge in [0.25, 0.3) is 0 Å². The first-order valence-corrected chi connectivity index (χ1v) is 5.51. The zero-order valence-corrected chi connectivity index (χ0v) is 11.1. The minimum Gasteiger partial charge on any atom is -0.362 e. The average Bonchev–Trinajstić information content (AvgIpc) is 2.67. The molecule has 0 spiro atoms. The standard InChI is InChI=1S/C10H12Cl2N4/c1-15(2)9-5-6(8(12)13-9)10(16(3)4)14-7(5)11/h1-4H3. The Balaban J connectivity index is 2.50. The number of nitrogens with zero attached hydrogens (tertiary/aromatic N) is 4. The second kappa shape index (κ2) is 3.79. The van der Waals surface area contributed by atoms with Crippen molar-refractivity contribution in [3.05, 3.63) is 21.5 Å². The predicted octanol–water partition coefficient (Wildman–Crippen LogP) is 1.83. The van der Waals surface area contributed by atoms with E-state index in [1.54, 1.807) is 0 Å². The molecular weight excluding hydrogens is 247 g/mol. The summed E-state index contributed by atoms with van der Waals surface area (Å²) in [5.41, 5.74) is 1.64. The molecule has 0 N–H and O–H groups in total. The number of hydrogen-bond acceptors (Lipinski definition) is 4. The molecule has 0 saturated heterocycles. The van der Waals surface area contributed by atoms with Crippen LogP contribution in [0.15, 0.2) is 31.4 Å². The number of likely N-dealkylation sites (N-methyl/N-ethyl adjacent to an activating group) is 2. The van der Waals surface area contributed by atoms with Crippen molar-refractivity contribution in [2.45, 2.75) is 0 Å². The fraction of sp³-hybridized carbons (Fsp3) is 0.400. The first kappa shape index (κ1) is 11.5. The molecule has 2 rings (SSSR count). The molecule has 6 heteroatoms. The zero-order chi connectivity index (χ0) is 12.0. The van der Waals surface area contributed by atoms with E-state index in [9.17, 15) is 0 Å². The molecule has 2 heterocycles. The van der Waals surface area contributed by atoms with E-state index in [0.29, 0.717) is 10.3 Å². The van der Waals surface area contributed by atoms with Crippen molar-refractivity contribution in [2.75, 3.05) is 28.2 Å². The lowest BCUT2D eigenvalue weighted by Crippen LogP contribution is -2.26. The highest BCUT2D eigenvalue weighted by molar-refractivity contribution is 6.42. The Bertz CT molecular complexity index is 425. The zero-order valence-electron chi connectivity index (χ0n) is 9.54. The number of rotatable bonds is 0. The molecule has 0 unspecified atom stereocenters. The van der Waals surface area contributed by atoms with Gasteiger partial charge in [-0.25, -0.2) is 9.98 Å². The van der Waals surface area contributed by atoms with Crippen molar-refractivity contribution in [3.63, 3.8) is 0 Å². The number of amidine groups is 2. The van der Waals surface area contributed by atoms with E-state index in [4.69, 9.17) is 23.2 Å². The molecule has 2 aliphatic heterocycles. The monoisotopic (exact) mass is 258 g/mol. The van der Waals surface area contributed by atoms with E-state index in [1.165, 1.54) is 0 Å². The molecule has 0 amide bonds. The maximum Gasteiger partial charge on any atom is 0.143 e. The Kier molecular flexibility index (Phi) is 2.72. The van der Waals surface area contributed by atoms with Crippen LogP contribution in [-0.4, -0.2) is 49.7 Å². The second-order valence-corrected chi connectivity index (χ2v) is 4.71. The Morgan fingerprint density at radius 2 is 1.06 bits per heavy atom. The van der Waals surface area contributed by atoms with Crippen molar-refractivity contribution in [3.8, 4) is 0 Å². The van der Waals surface area contributed by atoms with E-state index in [2.05, 4.69) is 9.98 Å². The van der Waals surface area contributed by atoms with Crippen LogP contribution in [0.25, 0.3) is 0 Å². The number of aliphatic imine (C=N–C) groups is 2. The number of hydrogen-bond donors (Lipinski definition) is 0. The predicted molar refractivity (Wildman–Crippen MR) is 68.0 cm³/mol. The number of halogens is 2. The smallest absolute Gasteiger partial charge is 0.143 e. The van der Waals surface area contributed by atoms with E-state index in [0.717, 1.165) is 22.8 Å². The first-order chi connectivity index (χ1) is 7.43. The quantitative estimate of drug-likeness (QED) is 0.621. The first-order valence-electron chi connectivity index (χ1n) is 4.76. The molecular formula is C10H12Cl2N4. The Hall–Kier alpha value is -1.00. The molecule has 0 bridgehead atoms. The van der Waals surface area contributed by atoms with Crippen molar-refractivity contribution >= 4 is 34.9 Å². The molecule has 0 aliphatic carbocycles.